The molecular weight excluding hydrogens is 272 g/mol. The number of nitrogens with one attached hydrogen (secondary N) is 1. The second kappa shape index (κ2) is 5.43. The molecule has 84 valence electrons. The summed E-state index contributed by atoms with van der Waals surface area (Å²) in [6, 6.07) is 2.64. The first-order valence-electron chi connectivity index (χ1n) is 5.47. The highest BCUT2D eigenvalue weighted by molar-refractivity contribution is 9.10. The van der Waals surface area contributed by atoms with E-state index in [1.807, 2.05) is 0 Å². The van der Waals surface area contributed by atoms with Gasteiger partial charge in [-0.2, -0.15) is 0 Å². The summed E-state index contributed by atoms with van der Waals surface area (Å²) in [7, 11) is 0. The summed E-state index contributed by atoms with van der Waals surface area (Å²) < 4.78 is 1.18. The molecule has 0 aromatic carbocycles. The quantitative estimate of drug-likeness (QED) is 0.646. The number of thiophene rings is 1. The molecule has 1 aliphatic carbocycles. The Bertz CT molecular complexity index is 309. The van der Waals surface area contributed by atoms with E-state index in [-0.39, 0.29) is 0 Å². The average Bonchev–Trinajstić information content (AvgIpc) is 2.55. The summed E-state index contributed by atoms with van der Waals surface area (Å²) >= 11 is 5.28. The Kier molecular flexibility index (Phi) is 4.20. The summed E-state index contributed by atoms with van der Waals surface area (Å²) in [5.74, 6) is 6.51. The third-order valence-corrected chi connectivity index (χ3v) is 4.87. The molecule has 1 saturated carbocycles. The van der Waals surface area contributed by atoms with Crippen molar-refractivity contribution in [2.45, 2.75) is 38.1 Å². The summed E-state index contributed by atoms with van der Waals surface area (Å²) in [6.07, 6.45) is 6.49. The predicted octanol–water partition coefficient (Wildman–Crippen LogP) is 3.08. The molecule has 0 spiro atoms. The van der Waals surface area contributed by atoms with Gasteiger partial charge >= 0.3 is 0 Å². The Morgan fingerprint density at radius 2 is 2.40 bits per heavy atom. The first kappa shape index (κ1) is 11.6. The topological polar surface area (TPSA) is 38.0 Å². The van der Waals surface area contributed by atoms with E-state index in [0.29, 0.717) is 6.04 Å². The number of rotatable bonds is 5. The molecule has 15 heavy (non-hydrogen) atoms. The summed E-state index contributed by atoms with van der Waals surface area (Å²) in [5.41, 5.74) is 2.95. The minimum Gasteiger partial charge on any atom is -0.271 e. The van der Waals surface area contributed by atoms with Crippen molar-refractivity contribution in [3.05, 3.63) is 20.8 Å². The van der Waals surface area contributed by atoms with Crippen molar-refractivity contribution >= 4 is 27.3 Å². The van der Waals surface area contributed by atoms with Crippen molar-refractivity contribution in [1.82, 2.24) is 5.43 Å². The standard InChI is InChI=1S/C11H17BrN2S/c12-9-5-11(15-7-9)6-10(14-13)4-8-2-1-3-8/h5,7-8,10,14H,1-4,6,13H2. The van der Waals surface area contributed by atoms with Crippen molar-refractivity contribution in [3.63, 3.8) is 0 Å². The fraction of sp³-hybridized carbons (Fsp3) is 0.636. The first-order chi connectivity index (χ1) is 7.28. The minimum atomic E-state index is 0.445. The van der Waals surface area contributed by atoms with E-state index in [1.54, 1.807) is 11.3 Å². The van der Waals surface area contributed by atoms with E-state index in [4.69, 9.17) is 5.84 Å². The van der Waals surface area contributed by atoms with E-state index in [1.165, 1.54) is 35.0 Å². The van der Waals surface area contributed by atoms with Gasteiger partial charge in [0, 0.05) is 20.8 Å². The molecule has 1 aromatic heterocycles. The molecule has 0 aliphatic heterocycles. The first-order valence-corrected chi connectivity index (χ1v) is 7.14. The van der Waals surface area contributed by atoms with Crippen molar-refractivity contribution in [1.29, 1.82) is 0 Å². The van der Waals surface area contributed by atoms with E-state index < -0.39 is 0 Å². The highest BCUT2D eigenvalue weighted by Gasteiger charge is 2.21. The Balaban J connectivity index is 1.84. The Morgan fingerprint density at radius 1 is 1.60 bits per heavy atom. The van der Waals surface area contributed by atoms with Crippen LogP contribution in [-0.2, 0) is 6.42 Å². The van der Waals surface area contributed by atoms with Gasteiger partial charge in [0.15, 0.2) is 0 Å². The molecule has 0 saturated heterocycles. The molecule has 1 fully saturated rings. The fourth-order valence-electron chi connectivity index (χ4n) is 2.04. The molecule has 2 rings (SSSR count). The van der Waals surface area contributed by atoms with E-state index >= 15 is 0 Å². The van der Waals surface area contributed by atoms with Crippen molar-refractivity contribution in [2.24, 2.45) is 11.8 Å². The maximum Gasteiger partial charge on any atom is 0.0285 e. The van der Waals surface area contributed by atoms with Gasteiger partial charge in [-0.05, 0) is 40.8 Å². The van der Waals surface area contributed by atoms with Gasteiger partial charge in [0.1, 0.15) is 0 Å². The number of hydrogen-bond donors (Lipinski definition) is 2. The second-order valence-corrected chi connectivity index (χ2v) is 6.24. The van der Waals surface area contributed by atoms with Crippen LogP contribution in [0.25, 0.3) is 0 Å². The van der Waals surface area contributed by atoms with Crippen LogP contribution in [-0.4, -0.2) is 6.04 Å². The lowest BCUT2D eigenvalue weighted by Gasteiger charge is -2.29. The minimum absolute atomic E-state index is 0.445. The van der Waals surface area contributed by atoms with Gasteiger partial charge in [0.05, 0.1) is 0 Å². The van der Waals surface area contributed by atoms with E-state index in [2.05, 4.69) is 32.8 Å². The maximum atomic E-state index is 5.60. The molecule has 4 heteroatoms. The number of hydrogen-bond acceptors (Lipinski definition) is 3. The van der Waals surface area contributed by atoms with Crippen LogP contribution in [0.4, 0.5) is 0 Å². The molecule has 1 unspecified atom stereocenters. The average molecular weight is 289 g/mol. The number of hydrazine groups is 1. The van der Waals surface area contributed by atoms with Crippen LogP contribution in [0.3, 0.4) is 0 Å². The van der Waals surface area contributed by atoms with Gasteiger partial charge in [-0.3, -0.25) is 11.3 Å². The Hall–Kier alpha value is 0.1000. The highest BCUT2D eigenvalue weighted by Crippen LogP contribution is 2.31. The van der Waals surface area contributed by atoms with Crippen LogP contribution >= 0.6 is 27.3 Å². The van der Waals surface area contributed by atoms with Crippen molar-refractivity contribution in [2.75, 3.05) is 0 Å². The highest BCUT2D eigenvalue weighted by atomic mass is 79.9. The van der Waals surface area contributed by atoms with E-state index in [0.717, 1.165) is 12.3 Å². The van der Waals surface area contributed by atoms with Gasteiger partial charge in [-0.1, -0.05) is 19.3 Å². The molecule has 1 heterocycles. The van der Waals surface area contributed by atoms with Crippen LogP contribution in [0.15, 0.2) is 15.9 Å². The summed E-state index contributed by atoms with van der Waals surface area (Å²) in [6.45, 7) is 0. The molecule has 0 radical (unpaired) electrons. The van der Waals surface area contributed by atoms with Gasteiger partial charge in [0.25, 0.3) is 0 Å². The van der Waals surface area contributed by atoms with Crippen LogP contribution in [0.2, 0.25) is 0 Å². The Morgan fingerprint density at radius 3 is 2.87 bits per heavy atom. The molecule has 1 atom stereocenters. The lowest BCUT2D eigenvalue weighted by Crippen LogP contribution is -2.39. The van der Waals surface area contributed by atoms with Crippen molar-refractivity contribution in [3.8, 4) is 0 Å². The normalized spacial score (nSPS) is 18.8. The van der Waals surface area contributed by atoms with Crippen LogP contribution < -0.4 is 11.3 Å². The fourth-order valence-corrected chi connectivity index (χ4v) is 3.58. The van der Waals surface area contributed by atoms with Gasteiger partial charge in [-0.15, -0.1) is 11.3 Å². The second-order valence-electron chi connectivity index (χ2n) is 4.33. The lowest BCUT2D eigenvalue weighted by atomic mass is 9.80. The lowest BCUT2D eigenvalue weighted by molar-refractivity contribution is 0.260. The zero-order valence-electron chi connectivity index (χ0n) is 8.71. The third kappa shape index (κ3) is 3.28. The molecule has 1 aliphatic rings. The molecule has 0 amide bonds. The molecule has 0 bridgehead atoms. The maximum absolute atomic E-state index is 5.60. The van der Waals surface area contributed by atoms with Gasteiger partial charge in [-0.25, -0.2) is 0 Å². The summed E-state index contributed by atoms with van der Waals surface area (Å²) in [4.78, 5) is 1.41. The molecular formula is C11H17BrN2S. The predicted molar refractivity (Wildman–Crippen MR) is 68.8 cm³/mol. The van der Waals surface area contributed by atoms with Gasteiger partial charge in [0.2, 0.25) is 0 Å². The number of nitrogens with two attached hydrogens (primary N) is 1. The Labute approximate surface area is 103 Å². The largest absolute Gasteiger partial charge is 0.271 e. The molecule has 3 N–H and O–H groups in total. The van der Waals surface area contributed by atoms with Crippen molar-refractivity contribution < 1.29 is 0 Å². The smallest absolute Gasteiger partial charge is 0.0285 e. The summed E-state index contributed by atoms with van der Waals surface area (Å²) in [5, 5.41) is 2.13. The van der Waals surface area contributed by atoms with E-state index in [9.17, 15) is 0 Å². The van der Waals surface area contributed by atoms with Crippen LogP contribution in [0.1, 0.15) is 30.6 Å². The zero-order chi connectivity index (χ0) is 10.7. The third-order valence-electron chi connectivity index (χ3n) is 3.15. The van der Waals surface area contributed by atoms with Gasteiger partial charge < -0.3 is 0 Å². The SMILES string of the molecule is NNC(Cc1cc(Br)cs1)CC1CCC1. The van der Waals surface area contributed by atoms with Crippen LogP contribution in [0.5, 0.6) is 0 Å². The zero-order valence-corrected chi connectivity index (χ0v) is 11.1. The molecule has 2 nitrogen and oxygen atoms in total. The monoisotopic (exact) mass is 288 g/mol. The number of halogens is 1. The van der Waals surface area contributed by atoms with Crippen LogP contribution in [0, 0.1) is 5.92 Å². The molecule has 1 aromatic rings.